The minimum absolute atomic E-state index is 0.174. The Bertz CT molecular complexity index is 487. The summed E-state index contributed by atoms with van der Waals surface area (Å²) in [6.45, 7) is 3.55. The fourth-order valence-corrected chi connectivity index (χ4v) is 2.39. The summed E-state index contributed by atoms with van der Waals surface area (Å²) in [4.78, 5) is 16.3. The number of aromatic nitrogens is 1. The van der Waals surface area contributed by atoms with Gasteiger partial charge in [0.1, 0.15) is 10.8 Å². The van der Waals surface area contributed by atoms with Crippen LogP contribution in [0.2, 0.25) is 5.15 Å². The lowest BCUT2D eigenvalue weighted by Crippen LogP contribution is -2.45. The number of nitrogens with zero attached hydrogens (tertiary/aromatic N) is 1. The number of halogens is 1. The number of hydrogen-bond acceptors (Lipinski definition) is 4. The van der Waals surface area contributed by atoms with Crippen LogP contribution in [-0.4, -0.2) is 43.4 Å². The van der Waals surface area contributed by atoms with Crippen LogP contribution in [0.25, 0.3) is 0 Å². The molecule has 1 amide bonds. The van der Waals surface area contributed by atoms with Gasteiger partial charge in [-0.05, 0) is 18.6 Å². The normalized spacial score (nSPS) is 21.9. The number of rotatable bonds is 5. The highest BCUT2D eigenvalue weighted by molar-refractivity contribution is 6.29. The maximum atomic E-state index is 12.2. The summed E-state index contributed by atoms with van der Waals surface area (Å²) < 4.78 is 10.8. The minimum atomic E-state index is -0.417. The van der Waals surface area contributed by atoms with Crippen molar-refractivity contribution in [1.82, 2.24) is 10.3 Å². The zero-order chi connectivity index (χ0) is 14.6. The molecule has 0 aliphatic carbocycles. The van der Waals surface area contributed by atoms with Crippen molar-refractivity contribution in [1.29, 1.82) is 0 Å². The summed E-state index contributed by atoms with van der Waals surface area (Å²) in [6, 6.07) is 3.33. The number of carbonyl (C=O) groups excluding carboxylic acids is 1. The first-order chi connectivity index (χ1) is 9.58. The molecule has 2 rings (SSSR count). The fourth-order valence-electron chi connectivity index (χ4n) is 2.17. The quantitative estimate of drug-likeness (QED) is 0.843. The molecule has 1 N–H and O–H groups in total. The maximum absolute atomic E-state index is 12.2. The van der Waals surface area contributed by atoms with Crippen LogP contribution < -0.4 is 5.32 Å². The molecule has 1 aromatic heterocycles. The lowest BCUT2D eigenvalue weighted by Gasteiger charge is -2.25. The van der Waals surface area contributed by atoms with E-state index in [9.17, 15) is 4.79 Å². The third-order valence-corrected chi connectivity index (χ3v) is 3.74. The van der Waals surface area contributed by atoms with E-state index in [0.717, 1.165) is 18.5 Å². The summed E-state index contributed by atoms with van der Waals surface area (Å²) >= 11 is 5.92. The highest BCUT2D eigenvalue weighted by Gasteiger charge is 2.35. The summed E-state index contributed by atoms with van der Waals surface area (Å²) in [5.74, 6) is -0.174. The topological polar surface area (TPSA) is 60.5 Å². The number of carbonyl (C=O) groups is 1. The van der Waals surface area contributed by atoms with Crippen molar-refractivity contribution >= 4 is 17.5 Å². The Balaban J connectivity index is 2.03. The standard InChI is InChI=1S/C14H19ClN2O3/c1-3-11-6-10(7-12(15)17-11)13(18)16-8-14(19-2)4-5-20-9-14/h6-7H,3-5,8-9H2,1-2H3,(H,16,18). The Morgan fingerprint density at radius 3 is 3.00 bits per heavy atom. The predicted octanol–water partition coefficient (Wildman–Crippen LogP) is 1.83. The van der Waals surface area contributed by atoms with Crippen LogP contribution in [0.3, 0.4) is 0 Å². The molecule has 0 saturated carbocycles. The molecule has 0 aromatic carbocycles. The first kappa shape index (κ1) is 15.2. The van der Waals surface area contributed by atoms with Crippen LogP contribution in [0.15, 0.2) is 12.1 Å². The van der Waals surface area contributed by atoms with Gasteiger partial charge in [0.2, 0.25) is 0 Å². The number of hydrogen-bond donors (Lipinski definition) is 1. The first-order valence-corrected chi connectivity index (χ1v) is 7.04. The lowest BCUT2D eigenvalue weighted by molar-refractivity contribution is -0.0148. The van der Waals surface area contributed by atoms with Crippen molar-refractivity contribution < 1.29 is 14.3 Å². The van der Waals surface area contributed by atoms with Crippen molar-refractivity contribution in [3.63, 3.8) is 0 Å². The van der Waals surface area contributed by atoms with Crippen LogP contribution in [0, 0.1) is 0 Å². The van der Waals surface area contributed by atoms with E-state index in [1.807, 2.05) is 6.92 Å². The van der Waals surface area contributed by atoms with E-state index < -0.39 is 5.60 Å². The van der Waals surface area contributed by atoms with Crippen LogP contribution in [0.4, 0.5) is 0 Å². The number of amides is 1. The van der Waals surface area contributed by atoms with Crippen LogP contribution in [-0.2, 0) is 15.9 Å². The highest BCUT2D eigenvalue weighted by Crippen LogP contribution is 2.21. The van der Waals surface area contributed by atoms with Crippen LogP contribution in [0.1, 0.15) is 29.4 Å². The van der Waals surface area contributed by atoms with Gasteiger partial charge in [0, 0.05) is 37.9 Å². The van der Waals surface area contributed by atoms with E-state index in [2.05, 4.69) is 10.3 Å². The molecule has 5 nitrogen and oxygen atoms in total. The van der Waals surface area contributed by atoms with Crippen molar-refractivity contribution in [2.45, 2.75) is 25.4 Å². The van der Waals surface area contributed by atoms with Gasteiger partial charge in [0.15, 0.2) is 0 Å². The molecule has 1 aromatic rings. The number of ether oxygens (including phenoxy) is 2. The first-order valence-electron chi connectivity index (χ1n) is 6.66. The van der Waals surface area contributed by atoms with E-state index in [0.29, 0.717) is 30.5 Å². The summed E-state index contributed by atoms with van der Waals surface area (Å²) in [6.07, 6.45) is 1.51. The monoisotopic (exact) mass is 298 g/mol. The molecular weight excluding hydrogens is 280 g/mol. The molecule has 0 bridgehead atoms. The average Bonchev–Trinajstić information content (AvgIpc) is 2.93. The predicted molar refractivity (Wildman–Crippen MR) is 76.1 cm³/mol. The number of aryl methyl sites for hydroxylation is 1. The minimum Gasteiger partial charge on any atom is -0.378 e. The zero-order valence-corrected chi connectivity index (χ0v) is 12.5. The summed E-state index contributed by atoms with van der Waals surface area (Å²) in [7, 11) is 1.64. The molecule has 1 aliphatic rings. The Kier molecular flexibility index (Phi) is 4.96. The SMILES string of the molecule is CCc1cc(C(=O)NCC2(OC)CCOC2)cc(Cl)n1. The highest BCUT2D eigenvalue weighted by atomic mass is 35.5. The van der Waals surface area contributed by atoms with E-state index in [4.69, 9.17) is 21.1 Å². The molecule has 6 heteroatoms. The largest absolute Gasteiger partial charge is 0.378 e. The van der Waals surface area contributed by atoms with Gasteiger partial charge >= 0.3 is 0 Å². The molecule has 2 heterocycles. The molecule has 0 radical (unpaired) electrons. The smallest absolute Gasteiger partial charge is 0.251 e. The van der Waals surface area contributed by atoms with Crippen LogP contribution in [0.5, 0.6) is 0 Å². The van der Waals surface area contributed by atoms with Gasteiger partial charge in [-0.1, -0.05) is 18.5 Å². The fraction of sp³-hybridized carbons (Fsp3) is 0.571. The van der Waals surface area contributed by atoms with Crippen molar-refractivity contribution in [2.75, 3.05) is 26.9 Å². The van der Waals surface area contributed by atoms with E-state index in [1.54, 1.807) is 19.2 Å². The van der Waals surface area contributed by atoms with Crippen LogP contribution >= 0.6 is 11.6 Å². The van der Waals surface area contributed by atoms with Crippen molar-refractivity contribution in [3.05, 3.63) is 28.5 Å². The molecule has 1 atom stereocenters. The van der Waals surface area contributed by atoms with Gasteiger partial charge in [0.05, 0.1) is 6.61 Å². The molecular formula is C14H19ClN2O3. The number of methoxy groups -OCH3 is 1. The molecule has 1 unspecified atom stereocenters. The Morgan fingerprint density at radius 1 is 1.60 bits per heavy atom. The Morgan fingerprint density at radius 2 is 2.40 bits per heavy atom. The second-order valence-electron chi connectivity index (χ2n) is 4.90. The third-order valence-electron chi connectivity index (χ3n) is 3.54. The van der Waals surface area contributed by atoms with Gasteiger partial charge in [-0.3, -0.25) is 4.79 Å². The third kappa shape index (κ3) is 3.48. The molecule has 0 spiro atoms. The van der Waals surface area contributed by atoms with E-state index >= 15 is 0 Å². The molecule has 1 aliphatic heterocycles. The second-order valence-corrected chi connectivity index (χ2v) is 5.28. The molecule has 110 valence electrons. The van der Waals surface area contributed by atoms with Crippen molar-refractivity contribution in [3.8, 4) is 0 Å². The Hall–Kier alpha value is -1.17. The molecule has 1 saturated heterocycles. The average molecular weight is 299 g/mol. The number of nitrogens with one attached hydrogen (secondary N) is 1. The van der Waals surface area contributed by atoms with E-state index in [1.165, 1.54) is 0 Å². The molecule has 20 heavy (non-hydrogen) atoms. The van der Waals surface area contributed by atoms with Gasteiger partial charge in [-0.25, -0.2) is 4.98 Å². The van der Waals surface area contributed by atoms with Crippen molar-refractivity contribution in [2.24, 2.45) is 0 Å². The van der Waals surface area contributed by atoms with E-state index in [-0.39, 0.29) is 5.91 Å². The maximum Gasteiger partial charge on any atom is 0.251 e. The molecule has 1 fully saturated rings. The van der Waals surface area contributed by atoms with Gasteiger partial charge in [-0.2, -0.15) is 0 Å². The number of pyridine rings is 1. The zero-order valence-electron chi connectivity index (χ0n) is 11.7. The summed E-state index contributed by atoms with van der Waals surface area (Å²) in [5.41, 5.74) is 0.903. The van der Waals surface area contributed by atoms with Gasteiger partial charge < -0.3 is 14.8 Å². The second kappa shape index (κ2) is 6.52. The van der Waals surface area contributed by atoms with Gasteiger partial charge in [0.25, 0.3) is 5.91 Å². The van der Waals surface area contributed by atoms with Gasteiger partial charge in [-0.15, -0.1) is 0 Å². The summed E-state index contributed by atoms with van der Waals surface area (Å²) in [5, 5.41) is 3.21. The Labute approximate surface area is 123 Å². The lowest BCUT2D eigenvalue weighted by atomic mass is 10.0.